The van der Waals surface area contributed by atoms with Crippen LogP contribution in [0.15, 0.2) is 30.3 Å². The first-order valence-electron chi connectivity index (χ1n) is 9.67. The largest absolute Gasteiger partial charge is 0.455 e. The average molecular weight is 383 g/mol. The highest BCUT2D eigenvalue weighted by Crippen LogP contribution is 2.30. The molecule has 28 heavy (non-hydrogen) atoms. The number of benzene rings is 1. The summed E-state index contributed by atoms with van der Waals surface area (Å²) in [7, 11) is 0. The molecule has 148 valence electrons. The van der Waals surface area contributed by atoms with Gasteiger partial charge in [0.1, 0.15) is 5.54 Å². The number of amides is 2. The van der Waals surface area contributed by atoms with Crippen LogP contribution in [-0.2, 0) is 19.1 Å². The highest BCUT2D eigenvalue weighted by atomic mass is 16.5. The van der Waals surface area contributed by atoms with E-state index < -0.39 is 29.9 Å². The quantitative estimate of drug-likeness (QED) is 0.758. The number of nitrogens with zero attached hydrogens (tertiary/aromatic N) is 2. The van der Waals surface area contributed by atoms with E-state index in [0.29, 0.717) is 12.8 Å². The van der Waals surface area contributed by atoms with Crippen LogP contribution in [0.25, 0.3) is 0 Å². The Balaban J connectivity index is 1.51. The van der Waals surface area contributed by atoms with E-state index in [2.05, 4.69) is 11.4 Å². The molecular formula is C21H25N3O4. The van der Waals surface area contributed by atoms with E-state index in [1.165, 1.54) is 0 Å². The minimum atomic E-state index is -0.839. The van der Waals surface area contributed by atoms with Crippen LogP contribution in [-0.4, -0.2) is 41.4 Å². The first kappa shape index (κ1) is 19.9. The van der Waals surface area contributed by atoms with Crippen molar-refractivity contribution in [2.45, 2.75) is 50.6 Å². The summed E-state index contributed by atoms with van der Waals surface area (Å²) in [5.41, 5.74) is 0.164. The van der Waals surface area contributed by atoms with Crippen LogP contribution in [0.3, 0.4) is 0 Å². The molecule has 0 aromatic heterocycles. The van der Waals surface area contributed by atoms with Crippen molar-refractivity contribution in [2.75, 3.05) is 13.2 Å². The van der Waals surface area contributed by atoms with Gasteiger partial charge in [0.15, 0.2) is 6.61 Å². The topological polar surface area (TPSA) is 99.5 Å². The highest BCUT2D eigenvalue weighted by molar-refractivity contribution is 5.88. The number of carbonyl (C=O) groups excluding carboxylic acids is 3. The molecule has 1 aliphatic carbocycles. The van der Waals surface area contributed by atoms with Gasteiger partial charge >= 0.3 is 5.97 Å². The number of nitrogens with one attached hydrogen (secondary N) is 1. The first-order valence-corrected chi connectivity index (χ1v) is 9.67. The lowest BCUT2D eigenvalue weighted by Crippen LogP contribution is -2.47. The molecule has 0 spiro atoms. The zero-order chi connectivity index (χ0) is 20.1. The summed E-state index contributed by atoms with van der Waals surface area (Å²) in [5, 5.41) is 12.0. The molecule has 2 fully saturated rings. The van der Waals surface area contributed by atoms with Crippen LogP contribution in [0.2, 0.25) is 0 Å². The molecule has 2 amide bonds. The summed E-state index contributed by atoms with van der Waals surface area (Å²) in [6, 6.07) is 11.7. The maximum absolute atomic E-state index is 12.4. The van der Waals surface area contributed by atoms with Gasteiger partial charge in [-0.3, -0.25) is 14.4 Å². The standard InChI is InChI=1S/C21H25N3O4/c1-15(16-7-3-2-4-8-16)24-12-17(11-19(24)26)20(27)28-13-18(25)23-21(14-22)9-5-6-10-21/h2-4,7-8,15,17H,5-6,9-13H2,1H3,(H,23,25)/t15-,17+/m1/s1. The predicted octanol–water partition coefficient (Wildman–Crippen LogP) is 2.09. The average Bonchev–Trinajstić information content (AvgIpc) is 3.33. The maximum atomic E-state index is 12.4. The van der Waals surface area contributed by atoms with E-state index in [1.54, 1.807) is 4.90 Å². The molecule has 2 aliphatic rings. The molecule has 1 saturated carbocycles. The van der Waals surface area contributed by atoms with Crippen LogP contribution in [0.5, 0.6) is 0 Å². The van der Waals surface area contributed by atoms with Crippen molar-refractivity contribution in [3.8, 4) is 6.07 Å². The van der Waals surface area contributed by atoms with Crippen molar-refractivity contribution in [1.82, 2.24) is 10.2 Å². The van der Waals surface area contributed by atoms with E-state index in [-0.39, 0.29) is 24.9 Å². The third kappa shape index (κ3) is 4.33. The number of hydrogen-bond donors (Lipinski definition) is 1. The zero-order valence-electron chi connectivity index (χ0n) is 16.0. The fourth-order valence-electron chi connectivity index (χ4n) is 3.98. The third-order valence-electron chi connectivity index (χ3n) is 5.64. The molecule has 1 aromatic rings. The van der Waals surface area contributed by atoms with Crippen molar-refractivity contribution in [3.63, 3.8) is 0 Å². The Morgan fingerprint density at radius 2 is 2.00 bits per heavy atom. The van der Waals surface area contributed by atoms with Crippen LogP contribution in [0, 0.1) is 17.2 Å². The zero-order valence-corrected chi connectivity index (χ0v) is 16.0. The Kier molecular flexibility index (Phi) is 5.98. The monoisotopic (exact) mass is 383 g/mol. The van der Waals surface area contributed by atoms with Gasteiger partial charge in [-0.15, -0.1) is 0 Å². The molecule has 1 saturated heterocycles. The second-order valence-corrected chi connectivity index (χ2v) is 7.59. The van der Waals surface area contributed by atoms with E-state index >= 15 is 0 Å². The molecule has 1 N–H and O–H groups in total. The number of ether oxygens (including phenoxy) is 1. The Bertz CT molecular complexity index is 781. The maximum Gasteiger partial charge on any atom is 0.311 e. The van der Waals surface area contributed by atoms with Gasteiger partial charge in [-0.2, -0.15) is 5.26 Å². The van der Waals surface area contributed by atoms with Crippen LogP contribution >= 0.6 is 0 Å². The molecule has 0 unspecified atom stereocenters. The second-order valence-electron chi connectivity index (χ2n) is 7.59. The van der Waals surface area contributed by atoms with E-state index in [4.69, 9.17) is 4.74 Å². The number of likely N-dealkylation sites (tertiary alicyclic amines) is 1. The fourth-order valence-corrected chi connectivity index (χ4v) is 3.98. The predicted molar refractivity (Wildman–Crippen MR) is 101 cm³/mol. The van der Waals surface area contributed by atoms with Gasteiger partial charge in [-0.1, -0.05) is 30.3 Å². The van der Waals surface area contributed by atoms with Gasteiger partial charge in [0.2, 0.25) is 5.91 Å². The van der Waals surface area contributed by atoms with Crippen molar-refractivity contribution in [3.05, 3.63) is 35.9 Å². The van der Waals surface area contributed by atoms with E-state index in [0.717, 1.165) is 18.4 Å². The number of hydrogen-bond acceptors (Lipinski definition) is 5. The molecule has 7 heteroatoms. The summed E-state index contributed by atoms with van der Waals surface area (Å²) in [6.07, 6.45) is 3.11. The molecule has 1 aliphatic heterocycles. The molecule has 0 radical (unpaired) electrons. The van der Waals surface area contributed by atoms with Crippen LogP contribution < -0.4 is 5.32 Å². The number of rotatable bonds is 6. The van der Waals surface area contributed by atoms with Gasteiger partial charge < -0.3 is 15.0 Å². The van der Waals surface area contributed by atoms with Gasteiger partial charge in [0.25, 0.3) is 5.91 Å². The SMILES string of the molecule is C[C@H](c1ccccc1)N1C[C@@H](C(=O)OCC(=O)NC2(C#N)CCCC2)CC1=O. The smallest absolute Gasteiger partial charge is 0.311 e. The van der Waals surface area contributed by atoms with Gasteiger partial charge in [-0.05, 0) is 38.2 Å². The lowest BCUT2D eigenvalue weighted by Gasteiger charge is -2.25. The fraction of sp³-hybridized carbons (Fsp3) is 0.524. The summed E-state index contributed by atoms with van der Waals surface area (Å²) in [5.74, 6) is -1.71. The number of nitriles is 1. The highest BCUT2D eigenvalue weighted by Gasteiger charge is 2.39. The lowest BCUT2D eigenvalue weighted by molar-refractivity contribution is -0.152. The molecule has 7 nitrogen and oxygen atoms in total. The molecule has 1 aromatic carbocycles. The molecule has 0 bridgehead atoms. The minimum absolute atomic E-state index is 0.0831. The third-order valence-corrected chi connectivity index (χ3v) is 5.64. The summed E-state index contributed by atoms with van der Waals surface area (Å²) < 4.78 is 5.13. The van der Waals surface area contributed by atoms with Crippen molar-refractivity contribution < 1.29 is 19.1 Å². The van der Waals surface area contributed by atoms with Crippen molar-refractivity contribution in [2.24, 2.45) is 5.92 Å². The Morgan fingerprint density at radius 1 is 1.32 bits per heavy atom. The lowest BCUT2D eigenvalue weighted by atomic mass is 10.00. The minimum Gasteiger partial charge on any atom is -0.455 e. The molecule has 3 rings (SSSR count). The van der Waals surface area contributed by atoms with Crippen molar-refractivity contribution >= 4 is 17.8 Å². The van der Waals surface area contributed by atoms with E-state index in [9.17, 15) is 19.6 Å². The summed E-state index contributed by atoms with van der Waals surface area (Å²) in [6.45, 7) is 1.77. The van der Waals surface area contributed by atoms with Gasteiger partial charge in [-0.25, -0.2) is 0 Å². The van der Waals surface area contributed by atoms with Crippen LogP contribution in [0.4, 0.5) is 0 Å². The van der Waals surface area contributed by atoms with Gasteiger partial charge in [0, 0.05) is 13.0 Å². The molecule has 2 atom stereocenters. The second kappa shape index (κ2) is 8.42. The van der Waals surface area contributed by atoms with E-state index in [1.807, 2.05) is 37.3 Å². The van der Waals surface area contributed by atoms with Crippen molar-refractivity contribution in [1.29, 1.82) is 5.26 Å². The molecule has 1 heterocycles. The normalized spacial score (nSPS) is 21.8. The Labute approximate surface area is 164 Å². The Hall–Kier alpha value is -2.88. The number of esters is 1. The summed E-state index contributed by atoms with van der Waals surface area (Å²) >= 11 is 0. The summed E-state index contributed by atoms with van der Waals surface area (Å²) in [4.78, 5) is 38.5. The van der Waals surface area contributed by atoms with Crippen LogP contribution in [0.1, 0.15) is 50.6 Å². The Morgan fingerprint density at radius 3 is 2.64 bits per heavy atom. The molecular weight excluding hydrogens is 358 g/mol. The number of carbonyl (C=O) groups is 3. The van der Waals surface area contributed by atoms with Gasteiger partial charge in [0.05, 0.1) is 18.0 Å². The first-order chi connectivity index (χ1) is 13.4.